The third-order valence-electron chi connectivity index (χ3n) is 3.10. The highest BCUT2D eigenvalue weighted by molar-refractivity contribution is 7.71. The number of hydrogen-bond acceptors (Lipinski definition) is 1. The number of benzene rings is 2. The van der Waals surface area contributed by atoms with Crippen LogP contribution >= 0.6 is 23.8 Å². The summed E-state index contributed by atoms with van der Waals surface area (Å²) in [7, 11) is 0. The van der Waals surface area contributed by atoms with Crippen LogP contribution in [0.4, 0.5) is 8.78 Å². The Morgan fingerprint density at radius 2 is 1.90 bits per heavy atom. The maximum atomic E-state index is 13.7. The van der Waals surface area contributed by atoms with E-state index in [1.807, 2.05) is 0 Å². The molecule has 0 amide bonds. The highest BCUT2D eigenvalue weighted by atomic mass is 35.5. The van der Waals surface area contributed by atoms with Gasteiger partial charge in [-0.05, 0) is 24.4 Å². The molecule has 0 aliphatic rings. The second kappa shape index (κ2) is 5.00. The van der Waals surface area contributed by atoms with Crippen molar-refractivity contribution in [2.45, 2.75) is 6.54 Å². The van der Waals surface area contributed by atoms with Crippen molar-refractivity contribution in [2.24, 2.45) is 0 Å². The molecule has 3 rings (SSSR count). The predicted octanol–water partition coefficient (Wildman–Crippen LogP) is 4.68. The first-order valence-corrected chi connectivity index (χ1v) is 6.66. The average molecular weight is 311 g/mol. The van der Waals surface area contributed by atoms with Gasteiger partial charge in [-0.15, -0.1) is 0 Å². The van der Waals surface area contributed by atoms with E-state index in [1.165, 1.54) is 18.2 Å². The Morgan fingerprint density at radius 3 is 2.65 bits per heavy atom. The van der Waals surface area contributed by atoms with Crippen LogP contribution in [0.1, 0.15) is 5.56 Å². The van der Waals surface area contributed by atoms with Crippen LogP contribution in [0.5, 0.6) is 0 Å². The van der Waals surface area contributed by atoms with E-state index >= 15 is 0 Å². The summed E-state index contributed by atoms with van der Waals surface area (Å²) in [5, 5.41) is 0.0202. The Labute approximate surface area is 123 Å². The van der Waals surface area contributed by atoms with E-state index in [1.54, 1.807) is 22.8 Å². The van der Waals surface area contributed by atoms with E-state index < -0.39 is 5.82 Å². The standard InChI is InChI=1S/C14H9ClF2N2S/c15-9-5-12-13(6-11(9)17)19(14(20)18-12)7-8-3-1-2-4-10(8)16/h1-6H,7H2,(H,18,20). The molecule has 0 bridgehead atoms. The van der Waals surface area contributed by atoms with Crippen LogP contribution in [0, 0.1) is 16.4 Å². The maximum Gasteiger partial charge on any atom is 0.178 e. The lowest BCUT2D eigenvalue weighted by molar-refractivity contribution is 0.600. The summed E-state index contributed by atoms with van der Waals surface area (Å²) in [5.41, 5.74) is 1.66. The molecule has 20 heavy (non-hydrogen) atoms. The van der Waals surface area contributed by atoms with Crippen LogP contribution in [0.3, 0.4) is 0 Å². The van der Waals surface area contributed by atoms with Gasteiger partial charge in [0.05, 0.1) is 22.6 Å². The molecule has 0 aliphatic carbocycles. The molecule has 0 unspecified atom stereocenters. The molecule has 0 radical (unpaired) electrons. The van der Waals surface area contributed by atoms with E-state index in [4.69, 9.17) is 23.8 Å². The summed E-state index contributed by atoms with van der Waals surface area (Å²) < 4.78 is 29.3. The van der Waals surface area contributed by atoms with Crippen molar-refractivity contribution in [3.63, 3.8) is 0 Å². The van der Waals surface area contributed by atoms with Gasteiger partial charge in [0.1, 0.15) is 11.6 Å². The molecule has 2 nitrogen and oxygen atoms in total. The van der Waals surface area contributed by atoms with Crippen LogP contribution in [-0.2, 0) is 6.54 Å². The molecule has 6 heteroatoms. The van der Waals surface area contributed by atoms with Gasteiger partial charge in [0.15, 0.2) is 4.77 Å². The number of fused-ring (bicyclic) bond motifs is 1. The SMILES string of the molecule is Fc1cc2c(cc1Cl)[nH]c(=S)n2Cc1ccccc1F. The summed E-state index contributed by atoms with van der Waals surface area (Å²) in [6, 6.07) is 9.18. The molecule has 0 atom stereocenters. The number of hydrogen-bond donors (Lipinski definition) is 1. The Morgan fingerprint density at radius 1 is 1.15 bits per heavy atom. The second-order valence-electron chi connectivity index (χ2n) is 4.39. The van der Waals surface area contributed by atoms with E-state index in [0.29, 0.717) is 21.4 Å². The summed E-state index contributed by atoms with van der Waals surface area (Å²) in [6.45, 7) is 0.229. The second-order valence-corrected chi connectivity index (χ2v) is 5.19. The quantitative estimate of drug-likeness (QED) is 0.682. The third-order valence-corrected chi connectivity index (χ3v) is 3.71. The van der Waals surface area contributed by atoms with E-state index in [0.717, 1.165) is 0 Å². The highest BCUT2D eigenvalue weighted by Crippen LogP contribution is 2.23. The lowest BCUT2D eigenvalue weighted by Gasteiger charge is -2.06. The normalized spacial score (nSPS) is 11.2. The van der Waals surface area contributed by atoms with Gasteiger partial charge in [-0.2, -0.15) is 0 Å². The van der Waals surface area contributed by atoms with Crippen molar-refractivity contribution in [2.75, 3.05) is 0 Å². The lowest BCUT2D eigenvalue weighted by atomic mass is 10.2. The zero-order valence-corrected chi connectivity index (χ0v) is 11.7. The van der Waals surface area contributed by atoms with Gasteiger partial charge >= 0.3 is 0 Å². The number of nitrogens with zero attached hydrogens (tertiary/aromatic N) is 1. The topological polar surface area (TPSA) is 20.7 Å². The highest BCUT2D eigenvalue weighted by Gasteiger charge is 2.11. The van der Waals surface area contributed by atoms with E-state index in [-0.39, 0.29) is 17.4 Å². The first-order chi connectivity index (χ1) is 9.56. The van der Waals surface area contributed by atoms with Gasteiger partial charge < -0.3 is 9.55 Å². The van der Waals surface area contributed by atoms with Gasteiger partial charge in [0.25, 0.3) is 0 Å². The van der Waals surface area contributed by atoms with Crippen molar-refractivity contribution in [1.29, 1.82) is 0 Å². The zero-order chi connectivity index (χ0) is 14.3. The molecule has 102 valence electrons. The molecule has 1 N–H and O–H groups in total. The molecule has 1 heterocycles. The maximum absolute atomic E-state index is 13.7. The van der Waals surface area contributed by atoms with Gasteiger partial charge in [0.2, 0.25) is 0 Å². The minimum atomic E-state index is -0.532. The van der Waals surface area contributed by atoms with Crippen LogP contribution in [0.25, 0.3) is 11.0 Å². The number of H-pyrrole nitrogens is 1. The summed E-state index contributed by atoms with van der Waals surface area (Å²) in [4.78, 5) is 2.94. The molecule has 1 aromatic heterocycles. The van der Waals surface area contributed by atoms with Crippen molar-refractivity contribution in [3.8, 4) is 0 Å². The van der Waals surface area contributed by atoms with Gasteiger partial charge in [0, 0.05) is 11.6 Å². The Bertz CT molecular complexity index is 854. The van der Waals surface area contributed by atoms with Crippen molar-refractivity contribution < 1.29 is 8.78 Å². The minimum Gasteiger partial charge on any atom is -0.331 e. The largest absolute Gasteiger partial charge is 0.331 e. The number of halogens is 3. The summed E-state index contributed by atoms with van der Waals surface area (Å²) in [5.74, 6) is -0.853. The predicted molar refractivity (Wildman–Crippen MR) is 77.6 cm³/mol. The third kappa shape index (κ3) is 2.23. The van der Waals surface area contributed by atoms with Gasteiger partial charge in [-0.3, -0.25) is 0 Å². The number of nitrogens with one attached hydrogen (secondary N) is 1. The van der Waals surface area contributed by atoms with Crippen molar-refractivity contribution >= 4 is 34.9 Å². The molecule has 2 aromatic carbocycles. The Kier molecular flexibility index (Phi) is 3.31. The molecular formula is C14H9ClF2N2S. The zero-order valence-electron chi connectivity index (χ0n) is 10.2. The molecule has 0 fully saturated rings. The average Bonchev–Trinajstić information content (AvgIpc) is 2.69. The molecule has 0 spiro atoms. The number of aromatic amines is 1. The van der Waals surface area contributed by atoms with E-state index in [9.17, 15) is 8.78 Å². The van der Waals surface area contributed by atoms with Crippen LogP contribution in [-0.4, -0.2) is 9.55 Å². The van der Waals surface area contributed by atoms with Gasteiger partial charge in [-0.1, -0.05) is 29.8 Å². The fourth-order valence-electron chi connectivity index (χ4n) is 2.11. The first kappa shape index (κ1) is 13.3. The summed E-state index contributed by atoms with van der Waals surface area (Å²) in [6.07, 6.45) is 0. The van der Waals surface area contributed by atoms with Crippen molar-refractivity contribution in [1.82, 2.24) is 9.55 Å². The number of rotatable bonds is 2. The fourth-order valence-corrected chi connectivity index (χ4v) is 2.54. The minimum absolute atomic E-state index is 0.0202. The summed E-state index contributed by atoms with van der Waals surface area (Å²) >= 11 is 10.9. The molecule has 0 saturated carbocycles. The molecule has 3 aromatic rings. The van der Waals surface area contributed by atoms with Crippen LogP contribution in [0.2, 0.25) is 5.02 Å². The number of aromatic nitrogens is 2. The Hall–Kier alpha value is -1.72. The lowest BCUT2D eigenvalue weighted by Crippen LogP contribution is -2.02. The molecule has 0 saturated heterocycles. The van der Waals surface area contributed by atoms with Gasteiger partial charge in [-0.25, -0.2) is 8.78 Å². The van der Waals surface area contributed by atoms with E-state index in [2.05, 4.69) is 4.98 Å². The van der Waals surface area contributed by atoms with Crippen LogP contribution < -0.4 is 0 Å². The van der Waals surface area contributed by atoms with Crippen LogP contribution in [0.15, 0.2) is 36.4 Å². The monoisotopic (exact) mass is 310 g/mol. The first-order valence-electron chi connectivity index (χ1n) is 5.87. The Balaban J connectivity index is 2.17. The molecular weight excluding hydrogens is 302 g/mol. The fraction of sp³-hybridized carbons (Fsp3) is 0.0714. The molecule has 0 aliphatic heterocycles. The van der Waals surface area contributed by atoms with Crippen molar-refractivity contribution in [3.05, 3.63) is 63.4 Å². The number of imidazole rings is 1. The smallest absolute Gasteiger partial charge is 0.178 e.